The molecule has 0 aliphatic carbocycles. The van der Waals surface area contributed by atoms with Crippen LogP contribution in [0.4, 0.5) is 0 Å². The Morgan fingerprint density at radius 3 is 1.97 bits per heavy atom. The minimum absolute atomic E-state index is 0.329. The van der Waals surface area contributed by atoms with Crippen LogP contribution in [0.1, 0.15) is 27.6 Å². The minimum Gasteiger partial charge on any atom is -0.358 e. The van der Waals surface area contributed by atoms with E-state index < -0.39 is 15.1 Å². The van der Waals surface area contributed by atoms with Gasteiger partial charge in [-0.2, -0.15) is 0 Å². The Balaban J connectivity index is 1.71. The molecule has 1 unspecified atom stereocenters. The van der Waals surface area contributed by atoms with Crippen molar-refractivity contribution in [3.8, 4) is 11.1 Å². The standard InChI is InChI=1S/C29H25NO2S/c1-20-12-18-25(19-13-20)33(31,32)29(28-21(2)30-27-11-7-6-10-26(27)28)24-16-14-23(15-17-24)22-8-4-3-5-9-22/h3-19,29-30H,1-2H3. The van der Waals surface area contributed by atoms with E-state index in [0.717, 1.165) is 44.4 Å². The molecule has 1 N–H and O–H groups in total. The molecule has 33 heavy (non-hydrogen) atoms. The van der Waals surface area contributed by atoms with Crippen molar-refractivity contribution in [3.63, 3.8) is 0 Å². The first-order chi connectivity index (χ1) is 15.9. The molecule has 4 heteroatoms. The zero-order valence-corrected chi connectivity index (χ0v) is 19.4. The predicted octanol–water partition coefficient (Wildman–Crippen LogP) is 7.02. The van der Waals surface area contributed by atoms with E-state index in [1.807, 2.05) is 92.7 Å². The van der Waals surface area contributed by atoms with E-state index in [9.17, 15) is 8.42 Å². The SMILES string of the molecule is Cc1ccc(S(=O)(=O)C(c2ccc(-c3ccccc3)cc2)c2c(C)[nH]c3ccccc23)cc1. The van der Waals surface area contributed by atoms with Crippen molar-refractivity contribution in [1.29, 1.82) is 0 Å². The lowest BCUT2D eigenvalue weighted by Crippen LogP contribution is -2.16. The van der Waals surface area contributed by atoms with Crippen LogP contribution in [0, 0.1) is 13.8 Å². The quantitative estimate of drug-likeness (QED) is 0.312. The Kier molecular flexibility index (Phi) is 5.39. The summed E-state index contributed by atoms with van der Waals surface area (Å²) in [6.07, 6.45) is 0. The number of benzene rings is 4. The Bertz CT molecular complexity index is 1510. The first-order valence-corrected chi connectivity index (χ1v) is 12.5. The highest BCUT2D eigenvalue weighted by atomic mass is 32.2. The Labute approximate surface area is 194 Å². The van der Waals surface area contributed by atoms with Gasteiger partial charge in [-0.25, -0.2) is 8.42 Å². The number of rotatable bonds is 5. The van der Waals surface area contributed by atoms with Gasteiger partial charge in [0.05, 0.1) is 4.90 Å². The lowest BCUT2D eigenvalue weighted by Gasteiger charge is -2.20. The molecule has 5 aromatic rings. The monoisotopic (exact) mass is 451 g/mol. The molecular weight excluding hydrogens is 426 g/mol. The molecule has 1 heterocycles. The van der Waals surface area contributed by atoms with Crippen LogP contribution in [-0.2, 0) is 9.84 Å². The maximum atomic E-state index is 14.1. The van der Waals surface area contributed by atoms with Crippen LogP contribution in [0.5, 0.6) is 0 Å². The van der Waals surface area contributed by atoms with Gasteiger partial charge in [-0.05, 0) is 48.7 Å². The number of para-hydroxylation sites is 1. The van der Waals surface area contributed by atoms with Crippen LogP contribution in [-0.4, -0.2) is 13.4 Å². The summed E-state index contributed by atoms with van der Waals surface area (Å²) in [7, 11) is -3.71. The van der Waals surface area contributed by atoms with Gasteiger partial charge in [-0.1, -0.05) is 90.5 Å². The summed E-state index contributed by atoms with van der Waals surface area (Å²) in [5.74, 6) is 0. The zero-order valence-electron chi connectivity index (χ0n) is 18.6. The van der Waals surface area contributed by atoms with Crippen molar-refractivity contribution >= 4 is 20.7 Å². The second-order valence-electron chi connectivity index (χ2n) is 8.44. The van der Waals surface area contributed by atoms with Gasteiger partial charge < -0.3 is 4.98 Å². The van der Waals surface area contributed by atoms with Crippen LogP contribution in [0.3, 0.4) is 0 Å². The number of aromatic amines is 1. The zero-order chi connectivity index (χ0) is 23.0. The molecule has 4 aromatic carbocycles. The molecule has 0 bridgehead atoms. The number of hydrogen-bond acceptors (Lipinski definition) is 2. The van der Waals surface area contributed by atoms with Crippen LogP contribution < -0.4 is 0 Å². The van der Waals surface area contributed by atoms with Crippen molar-refractivity contribution in [1.82, 2.24) is 4.98 Å². The number of fused-ring (bicyclic) bond motifs is 1. The van der Waals surface area contributed by atoms with Crippen molar-refractivity contribution in [3.05, 3.63) is 126 Å². The molecule has 0 fully saturated rings. The highest BCUT2D eigenvalue weighted by Crippen LogP contribution is 2.41. The topological polar surface area (TPSA) is 49.9 Å². The van der Waals surface area contributed by atoms with Crippen molar-refractivity contribution in [2.75, 3.05) is 0 Å². The van der Waals surface area contributed by atoms with Crippen LogP contribution in [0.25, 0.3) is 22.0 Å². The highest BCUT2D eigenvalue weighted by Gasteiger charge is 2.34. The molecule has 0 aliphatic heterocycles. The first-order valence-electron chi connectivity index (χ1n) is 11.0. The van der Waals surface area contributed by atoms with Crippen LogP contribution >= 0.6 is 0 Å². The molecule has 0 aliphatic rings. The molecule has 0 spiro atoms. The van der Waals surface area contributed by atoms with Gasteiger partial charge in [0.2, 0.25) is 0 Å². The maximum absolute atomic E-state index is 14.1. The third kappa shape index (κ3) is 3.87. The summed E-state index contributed by atoms with van der Waals surface area (Å²) in [5.41, 5.74) is 6.55. The number of sulfone groups is 1. The molecule has 5 rings (SSSR count). The highest BCUT2D eigenvalue weighted by molar-refractivity contribution is 7.92. The summed E-state index contributed by atoms with van der Waals surface area (Å²) >= 11 is 0. The molecule has 1 aromatic heterocycles. The van der Waals surface area contributed by atoms with E-state index in [1.54, 1.807) is 12.1 Å². The number of nitrogens with one attached hydrogen (secondary N) is 1. The second kappa shape index (κ2) is 8.38. The summed E-state index contributed by atoms with van der Waals surface area (Å²) < 4.78 is 28.2. The van der Waals surface area contributed by atoms with E-state index in [1.165, 1.54) is 0 Å². The van der Waals surface area contributed by atoms with Gasteiger partial charge in [-0.15, -0.1) is 0 Å². The third-order valence-electron chi connectivity index (χ3n) is 6.19. The van der Waals surface area contributed by atoms with Gasteiger partial charge in [0.1, 0.15) is 5.25 Å². The lowest BCUT2D eigenvalue weighted by molar-refractivity contribution is 0.589. The van der Waals surface area contributed by atoms with Gasteiger partial charge in [-0.3, -0.25) is 0 Å². The summed E-state index contributed by atoms with van der Waals surface area (Å²) in [4.78, 5) is 3.71. The van der Waals surface area contributed by atoms with E-state index in [4.69, 9.17) is 0 Å². The summed E-state index contributed by atoms with van der Waals surface area (Å²) in [5, 5.41) is 0.115. The van der Waals surface area contributed by atoms with Crippen molar-refractivity contribution < 1.29 is 8.42 Å². The van der Waals surface area contributed by atoms with Crippen molar-refractivity contribution in [2.24, 2.45) is 0 Å². The molecular formula is C29H25NO2S. The Morgan fingerprint density at radius 1 is 0.667 bits per heavy atom. The number of hydrogen-bond donors (Lipinski definition) is 1. The second-order valence-corrected chi connectivity index (χ2v) is 10.5. The third-order valence-corrected chi connectivity index (χ3v) is 8.24. The first kappa shape index (κ1) is 21.2. The van der Waals surface area contributed by atoms with Crippen LogP contribution in [0.2, 0.25) is 0 Å². The van der Waals surface area contributed by atoms with Gasteiger partial charge in [0, 0.05) is 22.2 Å². The fourth-order valence-corrected chi connectivity index (χ4v) is 6.40. The van der Waals surface area contributed by atoms with Crippen LogP contribution in [0.15, 0.2) is 108 Å². The molecule has 0 amide bonds. The molecule has 0 saturated carbocycles. The van der Waals surface area contributed by atoms with E-state index in [0.29, 0.717) is 4.90 Å². The van der Waals surface area contributed by atoms with E-state index >= 15 is 0 Å². The smallest absolute Gasteiger partial charge is 0.189 e. The minimum atomic E-state index is -3.71. The van der Waals surface area contributed by atoms with E-state index in [2.05, 4.69) is 17.1 Å². The predicted molar refractivity (Wildman–Crippen MR) is 135 cm³/mol. The average molecular weight is 452 g/mol. The summed E-state index contributed by atoms with van der Waals surface area (Å²) in [6, 6.07) is 33.0. The molecule has 1 atom stereocenters. The fraction of sp³-hybridized carbons (Fsp3) is 0.103. The Morgan fingerprint density at radius 2 is 1.27 bits per heavy atom. The molecule has 0 radical (unpaired) electrons. The van der Waals surface area contributed by atoms with Gasteiger partial charge >= 0.3 is 0 Å². The lowest BCUT2D eigenvalue weighted by atomic mass is 9.98. The maximum Gasteiger partial charge on any atom is 0.189 e. The Hall–Kier alpha value is -3.63. The number of H-pyrrole nitrogens is 1. The molecule has 0 saturated heterocycles. The molecule has 164 valence electrons. The van der Waals surface area contributed by atoms with Gasteiger partial charge in [0.25, 0.3) is 0 Å². The summed E-state index contributed by atoms with van der Waals surface area (Å²) in [6.45, 7) is 3.91. The average Bonchev–Trinajstić information content (AvgIpc) is 3.16. The molecule has 3 nitrogen and oxygen atoms in total. The number of aryl methyl sites for hydroxylation is 2. The van der Waals surface area contributed by atoms with Crippen molar-refractivity contribution in [2.45, 2.75) is 24.0 Å². The number of aromatic nitrogens is 1. The van der Waals surface area contributed by atoms with Gasteiger partial charge in [0.15, 0.2) is 9.84 Å². The normalized spacial score (nSPS) is 12.7. The fourth-order valence-electron chi connectivity index (χ4n) is 4.48. The largest absolute Gasteiger partial charge is 0.358 e. The van der Waals surface area contributed by atoms with E-state index in [-0.39, 0.29) is 0 Å².